The van der Waals surface area contributed by atoms with Gasteiger partial charge in [0.2, 0.25) is 0 Å². The van der Waals surface area contributed by atoms with Crippen molar-refractivity contribution in [3.05, 3.63) is 45.1 Å². The number of ether oxygens (including phenoxy) is 2. The Bertz CT molecular complexity index is 595. The highest BCUT2D eigenvalue weighted by Gasteiger charge is 2.24. The van der Waals surface area contributed by atoms with Crippen molar-refractivity contribution in [3.63, 3.8) is 0 Å². The van der Waals surface area contributed by atoms with E-state index < -0.39 is 5.54 Å². The lowest BCUT2D eigenvalue weighted by molar-refractivity contribution is 0.354. The third kappa shape index (κ3) is 3.26. The van der Waals surface area contributed by atoms with Gasteiger partial charge in [-0.2, -0.15) is 0 Å². The molecular formula is C15H18ClNO2S. The summed E-state index contributed by atoms with van der Waals surface area (Å²) in [7, 11) is 3.25. The van der Waals surface area contributed by atoms with Crippen LogP contribution in [0.2, 0.25) is 4.34 Å². The summed E-state index contributed by atoms with van der Waals surface area (Å²) in [6.07, 6.45) is 0.699. The number of thiophene rings is 1. The first kappa shape index (κ1) is 15.2. The van der Waals surface area contributed by atoms with E-state index in [4.69, 9.17) is 26.8 Å². The molecule has 0 aliphatic carbocycles. The van der Waals surface area contributed by atoms with Crippen molar-refractivity contribution in [1.29, 1.82) is 0 Å². The van der Waals surface area contributed by atoms with Crippen LogP contribution in [0.5, 0.6) is 11.5 Å². The van der Waals surface area contributed by atoms with E-state index in [0.29, 0.717) is 17.9 Å². The average Bonchev–Trinajstić information content (AvgIpc) is 2.85. The van der Waals surface area contributed by atoms with Gasteiger partial charge in [-0.1, -0.05) is 17.7 Å². The number of hydrogen-bond donors (Lipinski definition) is 1. The van der Waals surface area contributed by atoms with Crippen LogP contribution in [0.15, 0.2) is 30.3 Å². The van der Waals surface area contributed by atoms with E-state index in [1.54, 1.807) is 14.2 Å². The maximum atomic E-state index is 6.43. The summed E-state index contributed by atoms with van der Waals surface area (Å²) in [5, 5.41) is 0. The lowest BCUT2D eigenvalue weighted by Crippen LogP contribution is -2.34. The van der Waals surface area contributed by atoms with Crippen LogP contribution in [-0.4, -0.2) is 14.2 Å². The molecule has 5 heteroatoms. The zero-order valence-electron chi connectivity index (χ0n) is 11.8. The maximum absolute atomic E-state index is 6.43. The summed E-state index contributed by atoms with van der Waals surface area (Å²) in [6.45, 7) is 2.01. The topological polar surface area (TPSA) is 44.5 Å². The van der Waals surface area contributed by atoms with Gasteiger partial charge in [0.25, 0.3) is 0 Å². The summed E-state index contributed by atoms with van der Waals surface area (Å²) in [5.74, 6) is 1.43. The average molecular weight is 312 g/mol. The summed E-state index contributed by atoms with van der Waals surface area (Å²) < 4.78 is 11.3. The Kier molecular flexibility index (Phi) is 4.58. The number of methoxy groups -OCH3 is 2. The van der Waals surface area contributed by atoms with Crippen LogP contribution in [0.4, 0.5) is 0 Å². The molecule has 3 nitrogen and oxygen atoms in total. The highest BCUT2D eigenvalue weighted by Crippen LogP contribution is 2.34. The quantitative estimate of drug-likeness (QED) is 0.912. The first-order valence-corrected chi connectivity index (χ1v) is 7.41. The van der Waals surface area contributed by atoms with Gasteiger partial charge < -0.3 is 15.2 Å². The molecule has 2 rings (SSSR count). The van der Waals surface area contributed by atoms with Crippen LogP contribution in [0.25, 0.3) is 0 Å². The molecule has 20 heavy (non-hydrogen) atoms. The smallest absolute Gasteiger partial charge is 0.160 e. The Morgan fingerprint density at radius 1 is 1.15 bits per heavy atom. The van der Waals surface area contributed by atoms with Gasteiger partial charge in [-0.25, -0.2) is 0 Å². The maximum Gasteiger partial charge on any atom is 0.160 e. The second kappa shape index (κ2) is 6.04. The van der Waals surface area contributed by atoms with Crippen LogP contribution < -0.4 is 15.2 Å². The molecule has 1 aromatic heterocycles. The van der Waals surface area contributed by atoms with Crippen molar-refractivity contribution in [1.82, 2.24) is 0 Å². The predicted molar refractivity (Wildman–Crippen MR) is 84.1 cm³/mol. The molecule has 1 atom stereocenters. The minimum absolute atomic E-state index is 0.461. The van der Waals surface area contributed by atoms with E-state index in [0.717, 1.165) is 14.8 Å². The highest BCUT2D eigenvalue weighted by molar-refractivity contribution is 7.16. The Morgan fingerprint density at radius 2 is 1.85 bits per heavy atom. The number of rotatable bonds is 5. The summed E-state index contributed by atoms with van der Waals surface area (Å²) >= 11 is 7.50. The Hall–Kier alpha value is -1.23. The summed E-state index contributed by atoms with van der Waals surface area (Å²) in [6, 6.07) is 9.71. The van der Waals surface area contributed by atoms with Crippen molar-refractivity contribution in [3.8, 4) is 11.5 Å². The molecule has 1 heterocycles. The molecule has 0 saturated carbocycles. The van der Waals surface area contributed by atoms with Crippen molar-refractivity contribution in [2.45, 2.75) is 18.9 Å². The Morgan fingerprint density at radius 3 is 2.40 bits per heavy atom. The molecule has 0 aliphatic heterocycles. The standard InChI is InChI=1S/C15H18ClNO2S/c1-15(17,13-6-7-14(16)20-13)9-10-4-5-11(18-2)12(8-10)19-3/h4-8H,9,17H2,1-3H3. The SMILES string of the molecule is COc1ccc(CC(C)(N)c2ccc(Cl)s2)cc1OC. The van der Waals surface area contributed by atoms with Crippen molar-refractivity contribution in [2.75, 3.05) is 14.2 Å². The van der Waals surface area contributed by atoms with Gasteiger partial charge in [0.05, 0.1) is 24.1 Å². The lowest BCUT2D eigenvalue weighted by atomic mass is 9.92. The molecule has 0 radical (unpaired) electrons. The molecule has 1 aromatic carbocycles. The molecule has 2 N–H and O–H groups in total. The number of nitrogens with two attached hydrogens (primary N) is 1. The van der Waals surface area contributed by atoms with Crippen LogP contribution in [-0.2, 0) is 12.0 Å². The highest BCUT2D eigenvalue weighted by atomic mass is 35.5. The molecule has 0 amide bonds. The van der Waals surface area contributed by atoms with E-state index >= 15 is 0 Å². The van der Waals surface area contributed by atoms with E-state index in [-0.39, 0.29) is 0 Å². The van der Waals surface area contributed by atoms with Crippen molar-refractivity contribution < 1.29 is 9.47 Å². The predicted octanol–water partition coefficient (Wildman–Crippen LogP) is 3.84. The van der Waals surface area contributed by atoms with E-state index in [9.17, 15) is 0 Å². The van der Waals surface area contributed by atoms with Crippen LogP contribution >= 0.6 is 22.9 Å². The second-order valence-corrected chi connectivity index (χ2v) is 6.60. The molecule has 0 saturated heterocycles. The summed E-state index contributed by atoms with van der Waals surface area (Å²) in [5.41, 5.74) is 7.06. The van der Waals surface area contributed by atoms with Gasteiger partial charge >= 0.3 is 0 Å². The van der Waals surface area contributed by atoms with Crippen molar-refractivity contribution in [2.24, 2.45) is 5.73 Å². The fourth-order valence-electron chi connectivity index (χ4n) is 2.12. The Labute approximate surface area is 128 Å². The minimum Gasteiger partial charge on any atom is -0.493 e. The molecular weight excluding hydrogens is 294 g/mol. The molecule has 0 aliphatic rings. The first-order valence-electron chi connectivity index (χ1n) is 6.22. The third-order valence-electron chi connectivity index (χ3n) is 3.16. The number of hydrogen-bond acceptors (Lipinski definition) is 4. The number of benzene rings is 1. The van der Waals surface area contributed by atoms with E-state index in [2.05, 4.69) is 0 Å². The fourth-order valence-corrected chi connectivity index (χ4v) is 3.22. The molecule has 0 bridgehead atoms. The third-order valence-corrected chi connectivity index (χ3v) is 4.67. The molecule has 0 fully saturated rings. The normalized spacial score (nSPS) is 13.8. The first-order chi connectivity index (χ1) is 9.46. The minimum atomic E-state index is -0.461. The van der Waals surface area contributed by atoms with Gasteiger partial charge in [0.1, 0.15) is 0 Å². The summed E-state index contributed by atoms with van der Waals surface area (Å²) in [4.78, 5) is 1.07. The van der Waals surface area contributed by atoms with Gasteiger partial charge in [-0.05, 0) is 43.2 Å². The monoisotopic (exact) mass is 311 g/mol. The van der Waals surface area contributed by atoms with Gasteiger partial charge in [0, 0.05) is 4.88 Å². The fraction of sp³-hybridized carbons (Fsp3) is 0.333. The van der Waals surface area contributed by atoms with E-state index in [1.807, 2.05) is 37.3 Å². The molecule has 0 spiro atoms. The van der Waals surface area contributed by atoms with Crippen LogP contribution in [0.3, 0.4) is 0 Å². The van der Waals surface area contributed by atoms with Crippen molar-refractivity contribution >= 4 is 22.9 Å². The van der Waals surface area contributed by atoms with Gasteiger partial charge in [0.15, 0.2) is 11.5 Å². The Balaban J connectivity index is 2.25. The largest absolute Gasteiger partial charge is 0.493 e. The van der Waals surface area contributed by atoms with Crippen LogP contribution in [0, 0.1) is 0 Å². The zero-order valence-corrected chi connectivity index (χ0v) is 13.3. The second-order valence-electron chi connectivity index (χ2n) is 4.89. The zero-order chi connectivity index (χ0) is 14.8. The van der Waals surface area contributed by atoms with Gasteiger partial charge in [-0.15, -0.1) is 11.3 Å². The van der Waals surface area contributed by atoms with Crippen LogP contribution in [0.1, 0.15) is 17.4 Å². The van der Waals surface area contributed by atoms with Gasteiger partial charge in [-0.3, -0.25) is 0 Å². The molecule has 1 unspecified atom stereocenters. The van der Waals surface area contributed by atoms with E-state index in [1.165, 1.54) is 11.3 Å². The molecule has 108 valence electrons. The number of halogens is 1. The molecule has 2 aromatic rings. The lowest BCUT2D eigenvalue weighted by Gasteiger charge is -2.23.